The number of hydrogen-bond donors (Lipinski definition) is 1. The van der Waals surface area contributed by atoms with Crippen molar-refractivity contribution in [3.05, 3.63) is 29.6 Å². The van der Waals surface area contributed by atoms with Gasteiger partial charge >= 0.3 is 0 Å². The van der Waals surface area contributed by atoms with Crippen molar-refractivity contribution in [3.63, 3.8) is 0 Å². The van der Waals surface area contributed by atoms with Crippen LogP contribution in [0.1, 0.15) is 24.8 Å². The van der Waals surface area contributed by atoms with Crippen LogP contribution < -0.4 is 5.73 Å². The van der Waals surface area contributed by atoms with E-state index in [1.807, 2.05) is 6.07 Å². The van der Waals surface area contributed by atoms with Crippen LogP contribution in [0.3, 0.4) is 0 Å². The molecular weight excluding hydrogens is 215 g/mol. The Morgan fingerprint density at radius 3 is 2.59 bits per heavy atom. The van der Waals surface area contributed by atoms with Gasteiger partial charge in [-0.15, -0.1) is 0 Å². The van der Waals surface area contributed by atoms with E-state index in [-0.39, 0.29) is 5.82 Å². The largest absolute Gasteiger partial charge is 0.399 e. The topological polar surface area (TPSA) is 29.3 Å². The highest BCUT2D eigenvalue weighted by Crippen LogP contribution is 2.38. The van der Waals surface area contributed by atoms with Crippen LogP contribution in [-0.2, 0) is 6.54 Å². The van der Waals surface area contributed by atoms with Crippen LogP contribution in [0, 0.1) is 17.7 Å². The highest BCUT2D eigenvalue weighted by atomic mass is 19.1. The van der Waals surface area contributed by atoms with Gasteiger partial charge in [0.2, 0.25) is 0 Å². The molecule has 0 aromatic heterocycles. The second kappa shape index (κ2) is 4.30. The summed E-state index contributed by atoms with van der Waals surface area (Å²) in [5.41, 5.74) is 6.84. The summed E-state index contributed by atoms with van der Waals surface area (Å²) in [6.45, 7) is 3.03. The fourth-order valence-electron chi connectivity index (χ4n) is 3.39. The molecule has 1 aromatic rings. The van der Waals surface area contributed by atoms with Crippen molar-refractivity contribution in [2.45, 2.75) is 25.8 Å². The number of nitrogen functional groups attached to an aromatic ring is 1. The Morgan fingerprint density at radius 2 is 1.94 bits per heavy atom. The lowest BCUT2D eigenvalue weighted by molar-refractivity contribution is 0.299. The van der Waals surface area contributed by atoms with Crippen molar-refractivity contribution in [2.75, 3.05) is 18.8 Å². The molecule has 92 valence electrons. The zero-order valence-electron chi connectivity index (χ0n) is 10.0. The number of benzene rings is 1. The van der Waals surface area contributed by atoms with E-state index in [0.29, 0.717) is 5.69 Å². The summed E-state index contributed by atoms with van der Waals surface area (Å²) < 4.78 is 13.7. The molecule has 2 N–H and O–H groups in total. The quantitative estimate of drug-likeness (QED) is 0.797. The van der Waals surface area contributed by atoms with E-state index in [0.717, 1.165) is 37.0 Å². The first-order chi connectivity index (χ1) is 8.22. The highest BCUT2D eigenvalue weighted by molar-refractivity contribution is 5.40. The predicted octanol–water partition coefficient (Wildman–Crippen LogP) is 2.64. The smallest absolute Gasteiger partial charge is 0.129 e. The van der Waals surface area contributed by atoms with Crippen molar-refractivity contribution in [3.8, 4) is 0 Å². The van der Waals surface area contributed by atoms with E-state index in [9.17, 15) is 4.39 Å². The zero-order valence-corrected chi connectivity index (χ0v) is 10.0. The number of fused-ring (bicyclic) bond motifs is 1. The number of likely N-dealkylation sites (tertiary alicyclic amines) is 1. The Kier molecular flexibility index (Phi) is 2.79. The van der Waals surface area contributed by atoms with E-state index >= 15 is 0 Å². The molecule has 3 heteroatoms. The fourth-order valence-corrected chi connectivity index (χ4v) is 3.39. The second-order valence-electron chi connectivity index (χ2n) is 5.50. The number of hydrogen-bond acceptors (Lipinski definition) is 2. The van der Waals surface area contributed by atoms with Crippen molar-refractivity contribution in [2.24, 2.45) is 11.8 Å². The molecule has 2 nitrogen and oxygen atoms in total. The van der Waals surface area contributed by atoms with Gasteiger partial charge < -0.3 is 5.73 Å². The number of nitrogens with zero attached hydrogens (tertiary/aromatic N) is 1. The molecule has 17 heavy (non-hydrogen) atoms. The zero-order chi connectivity index (χ0) is 11.8. The Hall–Kier alpha value is -1.09. The van der Waals surface area contributed by atoms with Gasteiger partial charge in [-0.2, -0.15) is 0 Å². The molecule has 1 heterocycles. The molecule has 0 bridgehead atoms. The summed E-state index contributed by atoms with van der Waals surface area (Å²) in [5, 5.41) is 0. The van der Waals surface area contributed by atoms with E-state index in [1.54, 1.807) is 6.07 Å². The summed E-state index contributed by atoms with van der Waals surface area (Å²) in [5.74, 6) is 1.57. The van der Waals surface area contributed by atoms with E-state index in [1.165, 1.54) is 25.3 Å². The lowest BCUT2D eigenvalue weighted by atomic mass is 10.0. The van der Waals surface area contributed by atoms with Crippen LogP contribution in [0.15, 0.2) is 18.2 Å². The lowest BCUT2D eigenvalue weighted by Gasteiger charge is -2.17. The van der Waals surface area contributed by atoms with Gasteiger partial charge in [-0.1, -0.05) is 12.5 Å². The number of nitrogens with two attached hydrogens (primary N) is 1. The SMILES string of the molecule is Nc1ccc(CN2CC3CCCC3C2)c(F)c1. The van der Waals surface area contributed by atoms with Gasteiger partial charge in [0.1, 0.15) is 5.82 Å². The van der Waals surface area contributed by atoms with Crippen molar-refractivity contribution in [1.29, 1.82) is 0 Å². The first-order valence-electron chi connectivity index (χ1n) is 6.48. The van der Waals surface area contributed by atoms with Crippen LogP contribution in [0.25, 0.3) is 0 Å². The third-order valence-corrected chi connectivity index (χ3v) is 4.27. The van der Waals surface area contributed by atoms with Crippen LogP contribution in [0.4, 0.5) is 10.1 Å². The molecule has 1 saturated heterocycles. The first kappa shape index (κ1) is 11.0. The summed E-state index contributed by atoms with van der Waals surface area (Å²) in [6.07, 6.45) is 4.12. The maximum absolute atomic E-state index is 13.7. The normalized spacial score (nSPS) is 28.5. The van der Waals surface area contributed by atoms with Gasteiger partial charge in [-0.25, -0.2) is 4.39 Å². The van der Waals surface area contributed by atoms with Crippen molar-refractivity contribution in [1.82, 2.24) is 4.90 Å². The average molecular weight is 234 g/mol. The highest BCUT2D eigenvalue weighted by Gasteiger charge is 2.35. The molecule has 2 fully saturated rings. The van der Waals surface area contributed by atoms with Crippen LogP contribution >= 0.6 is 0 Å². The second-order valence-corrected chi connectivity index (χ2v) is 5.50. The monoisotopic (exact) mass is 234 g/mol. The summed E-state index contributed by atoms with van der Waals surface area (Å²) in [6, 6.07) is 5.03. The van der Waals surface area contributed by atoms with E-state index in [2.05, 4.69) is 4.90 Å². The standard InChI is InChI=1S/C14H19FN2/c15-14-6-13(16)5-4-12(14)9-17-7-10-2-1-3-11(10)8-17/h4-6,10-11H,1-3,7-9,16H2. The average Bonchev–Trinajstić information content (AvgIpc) is 2.82. The van der Waals surface area contributed by atoms with Crippen LogP contribution in [0.2, 0.25) is 0 Å². The molecule has 2 aliphatic rings. The molecule has 2 atom stereocenters. The Bertz CT molecular complexity index is 407. The van der Waals surface area contributed by atoms with E-state index in [4.69, 9.17) is 5.73 Å². The number of rotatable bonds is 2. The molecule has 3 rings (SSSR count). The number of halogens is 1. The van der Waals surface area contributed by atoms with E-state index < -0.39 is 0 Å². The van der Waals surface area contributed by atoms with Gasteiger partial charge in [-0.05, 0) is 36.8 Å². The molecule has 1 aromatic carbocycles. The van der Waals surface area contributed by atoms with Gasteiger partial charge in [0, 0.05) is 30.9 Å². The maximum atomic E-state index is 13.7. The molecular formula is C14H19FN2. The minimum absolute atomic E-state index is 0.165. The summed E-state index contributed by atoms with van der Waals surface area (Å²) >= 11 is 0. The third-order valence-electron chi connectivity index (χ3n) is 4.27. The molecule has 1 aliphatic heterocycles. The van der Waals surface area contributed by atoms with Crippen LogP contribution in [-0.4, -0.2) is 18.0 Å². The molecule has 0 spiro atoms. The van der Waals surface area contributed by atoms with Gasteiger partial charge in [-0.3, -0.25) is 4.90 Å². The Balaban J connectivity index is 1.67. The molecule has 1 aliphatic carbocycles. The minimum Gasteiger partial charge on any atom is -0.399 e. The fraction of sp³-hybridized carbons (Fsp3) is 0.571. The number of anilines is 1. The predicted molar refractivity (Wildman–Crippen MR) is 66.9 cm³/mol. The Labute approximate surface area is 102 Å². The van der Waals surface area contributed by atoms with Gasteiger partial charge in [0.15, 0.2) is 0 Å². The summed E-state index contributed by atoms with van der Waals surface area (Å²) in [4.78, 5) is 2.39. The van der Waals surface area contributed by atoms with Gasteiger partial charge in [0.25, 0.3) is 0 Å². The van der Waals surface area contributed by atoms with Crippen LogP contribution in [0.5, 0.6) is 0 Å². The minimum atomic E-state index is -0.165. The Morgan fingerprint density at radius 1 is 1.24 bits per heavy atom. The van der Waals surface area contributed by atoms with Crippen molar-refractivity contribution < 1.29 is 4.39 Å². The third kappa shape index (κ3) is 2.16. The maximum Gasteiger partial charge on any atom is 0.129 e. The van der Waals surface area contributed by atoms with Crippen molar-refractivity contribution >= 4 is 5.69 Å². The molecule has 2 unspecified atom stereocenters. The molecule has 0 radical (unpaired) electrons. The summed E-state index contributed by atoms with van der Waals surface area (Å²) in [7, 11) is 0. The first-order valence-corrected chi connectivity index (χ1v) is 6.48. The molecule has 1 saturated carbocycles. The molecule has 0 amide bonds. The van der Waals surface area contributed by atoms with Gasteiger partial charge in [0.05, 0.1) is 0 Å². The lowest BCUT2D eigenvalue weighted by Crippen LogP contribution is -2.21.